The first kappa shape index (κ1) is 15.6. The number of hydrogen-bond acceptors (Lipinski definition) is 2. The smallest absolute Gasteiger partial charge is 0.252 e. The number of carbonyl (C=O) groups excluding carboxylic acids is 1. The van der Waals surface area contributed by atoms with Crippen LogP contribution in [0.25, 0.3) is 0 Å². The largest absolute Gasteiger partial charge is 0.393 e. The first-order valence-corrected chi connectivity index (χ1v) is 7.51. The van der Waals surface area contributed by atoms with Crippen LogP contribution in [-0.4, -0.2) is 17.4 Å². The fraction of sp³-hybridized carbons (Fsp3) is 0.333. The number of benzene rings is 1. The molecule has 1 amide bonds. The summed E-state index contributed by atoms with van der Waals surface area (Å²) in [4.78, 5) is 12.4. The van der Waals surface area contributed by atoms with Gasteiger partial charge in [-0.15, -0.1) is 0 Å². The van der Waals surface area contributed by atoms with Gasteiger partial charge in [-0.25, -0.2) is 0 Å². The van der Waals surface area contributed by atoms with Crippen molar-refractivity contribution in [3.8, 4) is 0 Å². The second-order valence-electron chi connectivity index (χ2n) is 3.80. The van der Waals surface area contributed by atoms with Crippen LogP contribution in [0, 0.1) is 0 Å². The number of amides is 1. The molecule has 0 atom stereocenters. The molecule has 3 N–H and O–H groups in total. The van der Waals surface area contributed by atoms with E-state index in [0.29, 0.717) is 17.1 Å². The van der Waals surface area contributed by atoms with Crippen LogP contribution >= 0.6 is 44.1 Å². The number of carbonyl (C=O) groups is 1. The Balaban J connectivity index is 2.39. The van der Waals surface area contributed by atoms with Crippen molar-refractivity contribution < 1.29 is 4.79 Å². The molecule has 0 aliphatic heterocycles. The van der Waals surface area contributed by atoms with Crippen molar-refractivity contribution in [1.82, 2.24) is 5.32 Å². The van der Waals surface area contributed by atoms with Gasteiger partial charge in [0.15, 0.2) is 0 Å². The van der Waals surface area contributed by atoms with E-state index in [2.05, 4.69) is 37.2 Å². The number of nitrogens with two attached hydrogens (primary N) is 1. The zero-order valence-electron chi connectivity index (χ0n) is 9.71. The molecule has 0 aliphatic carbocycles. The number of thiocarbonyl (C=S) groups is 1. The van der Waals surface area contributed by atoms with Crippen LogP contribution in [0.15, 0.2) is 27.1 Å². The second-order valence-corrected chi connectivity index (χ2v) is 6.10. The molecule has 0 spiro atoms. The van der Waals surface area contributed by atoms with Crippen molar-refractivity contribution in [2.45, 2.75) is 19.3 Å². The molecule has 0 aliphatic rings. The normalized spacial score (nSPS) is 10.1. The average Bonchev–Trinajstić information content (AvgIpc) is 2.27. The van der Waals surface area contributed by atoms with Crippen LogP contribution in [0.3, 0.4) is 0 Å². The minimum absolute atomic E-state index is 0.0790. The van der Waals surface area contributed by atoms with E-state index in [-0.39, 0.29) is 5.91 Å². The van der Waals surface area contributed by atoms with Gasteiger partial charge in [0.1, 0.15) is 0 Å². The van der Waals surface area contributed by atoms with Gasteiger partial charge in [0, 0.05) is 15.5 Å². The highest BCUT2D eigenvalue weighted by molar-refractivity contribution is 9.11. The summed E-state index contributed by atoms with van der Waals surface area (Å²) in [7, 11) is 0. The van der Waals surface area contributed by atoms with Gasteiger partial charge >= 0.3 is 0 Å². The summed E-state index contributed by atoms with van der Waals surface area (Å²) < 4.78 is 1.71. The predicted octanol–water partition coefficient (Wildman–Crippen LogP) is 3.40. The Morgan fingerprint density at radius 2 is 2.06 bits per heavy atom. The summed E-state index contributed by atoms with van der Waals surface area (Å²) >= 11 is 11.5. The summed E-state index contributed by atoms with van der Waals surface area (Å²) in [6.45, 7) is 0.629. The van der Waals surface area contributed by atoms with Gasteiger partial charge in [-0.1, -0.05) is 28.1 Å². The molecule has 0 heterocycles. The van der Waals surface area contributed by atoms with Gasteiger partial charge in [0.25, 0.3) is 5.91 Å². The van der Waals surface area contributed by atoms with Gasteiger partial charge in [0.05, 0.1) is 10.6 Å². The van der Waals surface area contributed by atoms with Gasteiger partial charge in [0.2, 0.25) is 0 Å². The predicted molar refractivity (Wildman–Crippen MR) is 84.8 cm³/mol. The summed E-state index contributed by atoms with van der Waals surface area (Å²) in [5.74, 6) is -0.0790. The standard InChI is InChI=1S/C12H14Br2N2OS/c13-8-4-5-9(10(14)7-8)12(17)16-6-2-1-3-11(15)18/h4-5,7H,1-3,6H2,(H2,15,18)(H,16,17). The molecule has 0 fully saturated rings. The van der Waals surface area contributed by atoms with E-state index < -0.39 is 0 Å². The molecule has 0 radical (unpaired) electrons. The lowest BCUT2D eigenvalue weighted by Crippen LogP contribution is -2.25. The highest BCUT2D eigenvalue weighted by Crippen LogP contribution is 2.21. The first-order valence-electron chi connectivity index (χ1n) is 5.52. The molecule has 0 saturated heterocycles. The lowest BCUT2D eigenvalue weighted by molar-refractivity contribution is 0.0952. The zero-order valence-corrected chi connectivity index (χ0v) is 13.7. The lowest BCUT2D eigenvalue weighted by atomic mass is 10.2. The minimum atomic E-state index is -0.0790. The Labute approximate surface area is 129 Å². The molecule has 0 aromatic heterocycles. The topological polar surface area (TPSA) is 55.1 Å². The number of halogens is 2. The zero-order chi connectivity index (χ0) is 13.5. The average molecular weight is 394 g/mol. The highest BCUT2D eigenvalue weighted by atomic mass is 79.9. The Hall–Kier alpha value is -0.460. The van der Waals surface area contributed by atoms with Crippen molar-refractivity contribution >= 4 is 55.0 Å². The number of nitrogens with one attached hydrogen (secondary N) is 1. The second kappa shape index (κ2) is 7.86. The van der Waals surface area contributed by atoms with Gasteiger partial charge < -0.3 is 11.1 Å². The summed E-state index contributed by atoms with van der Waals surface area (Å²) in [6, 6.07) is 5.47. The maximum absolute atomic E-state index is 11.9. The number of unbranched alkanes of at least 4 members (excludes halogenated alkanes) is 1. The third-order valence-electron chi connectivity index (χ3n) is 2.31. The molecule has 0 bridgehead atoms. The first-order chi connectivity index (χ1) is 8.50. The van der Waals surface area contributed by atoms with E-state index in [1.807, 2.05) is 12.1 Å². The van der Waals surface area contributed by atoms with E-state index in [4.69, 9.17) is 18.0 Å². The van der Waals surface area contributed by atoms with Gasteiger partial charge in [-0.05, 0) is 53.4 Å². The molecule has 0 unspecified atom stereocenters. The Morgan fingerprint density at radius 1 is 1.33 bits per heavy atom. The fourth-order valence-electron chi connectivity index (χ4n) is 1.39. The quantitative estimate of drug-likeness (QED) is 0.575. The number of rotatable bonds is 6. The molecule has 1 aromatic rings. The van der Waals surface area contributed by atoms with E-state index in [0.717, 1.165) is 28.2 Å². The van der Waals surface area contributed by atoms with E-state index in [9.17, 15) is 4.79 Å². The summed E-state index contributed by atoms with van der Waals surface area (Å²) in [5.41, 5.74) is 6.02. The van der Waals surface area contributed by atoms with Crippen LogP contribution < -0.4 is 11.1 Å². The maximum Gasteiger partial charge on any atom is 0.252 e. The van der Waals surface area contributed by atoms with Crippen LogP contribution in [0.5, 0.6) is 0 Å². The molecule has 6 heteroatoms. The van der Waals surface area contributed by atoms with Crippen LogP contribution in [0.2, 0.25) is 0 Å². The van der Waals surface area contributed by atoms with E-state index in [1.54, 1.807) is 6.07 Å². The summed E-state index contributed by atoms with van der Waals surface area (Å²) in [6.07, 6.45) is 2.50. The molecular weight excluding hydrogens is 380 g/mol. The third kappa shape index (κ3) is 5.46. The van der Waals surface area contributed by atoms with Crippen molar-refractivity contribution in [1.29, 1.82) is 0 Å². The number of hydrogen-bond donors (Lipinski definition) is 2. The molecule has 18 heavy (non-hydrogen) atoms. The van der Waals surface area contributed by atoms with Gasteiger partial charge in [-0.3, -0.25) is 4.79 Å². The fourth-order valence-corrected chi connectivity index (χ4v) is 2.77. The van der Waals surface area contributed by atoms with Crippen LogP contribution in [0.4, 0.5) is 0 Å². The van der Waals surface area contributed by atoms with Crippen molar-refractivity contribution in [2.24, 2.45) is 5.73 Å². The third-order valence-corrected chi connectivity index (χ3v) is 3.66. The Morgan fingerprint density at radius 3 is 2.67 bits per heavy atom. The molecule has 1 aromatic carbocycles. The van der Waals surface area contributed by atoms with Crippen LogP contribution in [-0.2, 0) is 0 Å². The van der Waals surface area contributed by atoms with Crippen molar-refractivity contribution in [2.75, 3.05) is 6.54 Å². The van der Waals surface area contributed by atoms with Crippen molar-refractivity contribution in [3.05, 3.63) is 32.7 Å². The van der Waals surface area contributed by atoms with E-state index in [1.165, 1.54) is 0 Å². The molecular formula is C12H14Br2N2OS. The van der Waals surface area contributed by atoms with Gasteiger partial charge in [-0.2, -0.15) is 0 Å². The SMILES string of the molecule is NC(=S)CCCCNC(=O)c1ccc(Br)cc1Br. The van der Waals surface area contributed by atoms with Crippen LogP contribution in [0.1, 0.15) is 29.6 Å². The monoisotopic (exact) mass is 392 g/mol. The maximum atomic E-state index is 11.9. The molecule has 0 saturated carbocycles. The Bertz CT molecular complexity index is 452. The molecule has 1 rings (SSSR count). The Kier molecular flexibility index (Phi) is 6.81. The summed E-state index contributed by atoms with van der Waals surface area (Å²) in [5, 5.41) is 2.86. The highest BCUT2D eigenvalue weighted by Gasteiger charge is 2.09. The molecule has 98 valence electrons. The minimum Gasteiger partial charge on any atom is -0.393 e. The molecule has 3 nitrogen and oxygen atoms in total. The van der Waals surface area contributed by atoms with Crippen molar-refractivity contribution in [3.63, 3.8) is 0 Å². The van der Waals surface area contributed by atoms with E-state index >= 15 is 0 Å². The lowest BCUT2D eigenvalue weighted by Gasteiger charge is -2.07.